The molecule has 4 nitrogen and oxygen atoms in total. The fourth-order valence-corrected chi connectivity index (χ4v) is 6.77. The first kappa shape index (κ1) is 35.9. The molecule has 0 amide bonds. The fourth-order valence-electron chi connectivity index (χ4n) is 6.53. The second-order valence-corrected chi connectivity index (χ2v) is 12.6. The van der Waals surface area contributed by atoms with Crippen LogP contribution < -0.4 is 4.74 Å². The number of nitrogens with zero attached hydrogens (tertiary/aromatic N) is 2. The average molecular weight is 685 g/mol. The van der Waals surface area contributed by atoms with E-state index < -0.39 is 22.6 Å². The molecule has 0 bridgehead atoms. The summed E-state index contributed by atoms with van der Waals surface area (Å²) in [5.74, 6) is 0.289. The first-order chi connectivity index (χ1) is 23.8. The number of hydrogen-bond acceptors (Lipinski definition) is 4. The highest BCUT2D eigenvalue weighted by Crippen LogP contribution is 2.48. The minimum Gasteiger partial charge on any atom is -0.434 e. The molecule has 1 atom stereocenters. The molecule has 0 saturated heterocycles. The monoisotopic (exact) mass is 684 g/mol. The van der Waals surface area contributed by atoms with Crippen LogP contribution in [-0.4, -0.2) is 21.0 Å². The highest BCUT2D eigenvalue weighted by Gasteiger charge is 2.61. The van der Waals surface area contributed by atoms with Gasteiger partial charge in [0.25, 0.3) is 5.60 Å². The van der Waals surface area contributed by atoms with Gasteiger partial charge in [-0.15, -0.1) is 0 Å². The Morgan fingerprint density at radius 3 is 1.57 bits per heavy atom. The number of thiocarbonyl (C=S) groups is 1. The minimum absolute atomic E-state index is 0.273. The summed E-state index contributed by atoms with van der Waals surface area (Å²) in [7, 11) is 0. The summed E-state index contributed by atoms with van der Waals surface area (Å²) < 4.78 is 60.2. The van der Waals surface area contributed by atoms with Gasteiger partial charge in [-0.3, -0.25) is 0 Å². The van der Waals surface area contributed by atoms with Crippen LogP contribution in [0.3, 0.4) is 0 Å². The molecule has 256 valence electrons. The highest BCUT2D eigenvalue weighted by atomic mass is 32.1. The zero-order valence-corrected chi connectivity index (χ0v) is 28.6. The van der Waals surface area contributed by atoms with Crippen LogP contribution in [0.2, 0.25) is 0 Å². The lowest BCUT2D eigenvalue weighted by Gasteiger charge is -2.38. The molecule has 0 aliphatic rings. The van der Waals surface area contributed by atoms with Gasteiger partial charge in [-0.05, 0) is 35.2 Å². The van der Waals surface area contributed by atoms with Crippen LogP contribution in [-0.2, 0) is 15.9 Å². The van der Waals surface area contributed by atoms with E-state index in [1.807, 2.05) is 91.0 Å². The normalized spacial score (nSPS) is 13.1. The molecule has 0 radical (unpaired) electrons. The average Bonchev–Trinajstić information content (AvgIpc) is 3.61. The number of aromatic nitrogens is 2. The van der Waals surface area contributed by atoms with Crippen LogP contribution >= 0.6 is 12.2 Å². The predicted molar refractivity (Wildman–Crippen MR) is 193 cm³/mol. The van der Waals surface area contributed by atoms with E-state index in [1.54, 1.807) is 34.9 Å². The molecule has 4 aromatic carbocycles. The number of para-hydroxylation sites is 1. The van der Waals surface area contributed by atoms with E-state index in [0.29, 0.717) is 6.42 Å². The van der Waals surface area contributed by atoms with E-state index in [4.69, 9.17) is 21.7 Å². The molecular formula is C41H43F3N2O2S. The Morgan fingerprint density at radius 2 is 1.10 bits per heavy atom. The first-order valence-corrected chi connectivity index (χ1v) is 17.5. The first-order valence-electron chi connectivity index (χ1n) is 17.1. The summed E-state index contributed by atoms with van der Waals surface area (Å²) >= 11 is 5.34. The Labute approximate surface area is 292 Å². The molecule has 1 heterocycles. The Morgan fingerprint density at radius 1 is 0.653 bits per heavy atom. The summed E-state index contributed by atoms with van der Waals surface area (Å²) in [5.41, 5.74) is -1.59. The maximum atomic E-state index is 15.7. The van der Waals surface area contributed by atoms with Crippen molar-refractivity contribution < 1.29 is 22.6 Å². The molecule has 1 aromatic heterocycles. The molecule has 0 fully saturated rings. The molecular weight excluding hydrogens is 642 g/mol. The Balaban J connectivity index is 1.60. The highest BCUT2D eigenvalue weighted by molar-refractivity contribution is 7.79. The van der Waals surface area contributed by atoms with Gasteiger partial charge in [0.1, 0.15) is 17.0 Å². The maximum Gasteiger partial charge on any atom is 0.434 e. The lowest BCUT2D eigenvalue weighted by molar-refractivity contribution is -0.266. The van der Waals surface area contributed by atoms with Gasteiger partial charge in [0.05, 0.1) is 6.33 Å². The number of ether oxygens (including phenoxy) is 2. The van der Waals surface area contributed by atoms with E-state index in [-0.39, 0.29) is 24.3 Å². The second kappa shape index (κ2) is 16.8. The second-order valence-electron chi connectivity index (χ2n) is 12.3. The number of alkyl halides is 3. The zero-order chi connectivity index (χ0) is 34.6. The quantitative estimate of drug-likeness (QED) is 0.0589. The van der Waals surface area contributed by atoms with Crippen molar-refractivity contribution in [1.29, 1.82) is 0 Å². The van der Waals surface area contributed by atoms with Crippen molar-refractivity contribution in [1.82, 2.24) is 9.55 Å². The summed E-state index contributed by atoms with van der Waals surface area (Å²) in [6.07, 6.45) is 4.96. The van der Waals surface area contributed by atoms with Gasteiger partial charge in [-0.25, -0.2) is 4.98 Å². The summed E-state index contributed by atoms with van der Waals surface area (Å²) in [5, 5.41) is -0.613. The SMILES string of the molecule is CCCCCCCCCCC(OC(=S)Oc1ccccc1)(c1cn(C(c2ccccc2)(c2ccccc2)c2ccccc2)cn1)C(F)(F)F. The van der Waals surface area contributed by atoms with Crippen LogP contribution in [0.4, 0.5) is 13.2 Å². The molecule has 49 heavy (non-hydrogen) atoms. The lowest BCUT2D eigenvalue weighted by atomic mass is 9.76. The number of rotatable bonds is 16. The molecule has 0 N–H and O–H groups in total. The standard InChI is InChI=1S/C41H43F3N2O2S/c1-2-3-4-5-6-7-8-21-30-39(41(42,43)44,48-38(49)47-36-28-19-12-20-29-36)37-31-46(32-45-37)40(33-22-13-9-14-23-33,34-24-15-10-16-25-34)35-26-17-11-18-27-35/h9-20,22-29,31-32H,2-8,21,30H2,1H3. The molecule has 5 aromatic rings. The molecule has 0 aliphatic heterocycles. The van der Waals surface area contributed by atoms with E-state index in [0.717, 1.165) is 48.8 Å². The Kier molecular flexibility index (Phi) is 12.3. The van der Waals surface area contributed by atoms with Crippen LogP contribution in [0, 0.1) is 0 Å². The zero-order valence-electron chi connectivity index (χ0n) is 27.8. The predicted octanol–water partition coefficient (Wildman–Crippen LogP) is 11.4. The van der Waals surface area contributed by atoms with Gasteiger partial charge in [0.2, 0.25) is 0 Å². The smallest absolute Gasteiger partial charge is 0.434 e. The summed E-state index contributed by atoms with van der Waals surface area (Å²) in [6.45, 7) is 2.16. The third-order valence-corrected chi connectivity index (χ3v) is 9.17. The van der Waals surface area contributed by atoms with Gasteiger partial charge >= 0.3 is 11.4 Å². The third kappa shape index (κ3) is 8.24. The van der Waals surface area contributed by atoms with Gasteiger partial charge in [-0.1, -0.05) is 161 Å². The Bertz CT molecular complexity index is 1620. The summed E-state index contributed by atoms with van der Waals surface area (Å²) in [4.78, 5) is 4.51. The lowest BCUT2D eigenvalue weighted by Crippen LogP contribution is -2.47. The number of unbranched alkanes of at least 4 members (excludes halogenated alkanes) is 7. The van der Waals surface area contributed by atoms with E-state index in [1.165, 1.54) is 18.9 Å². The largest absolute Gasteiger partial charge is 0.434 e. The van der Waals surface area contributed by atoms with Crippen molar-refractivity contribution in [3.8, 4) is 5.75 Å². The van der Waals surface area contributed by atoms with E-state index in [9.17, 15) is 0 Å². The van der Waals surface area contributed by atoms with Crippen molar-refractivity contribution in [2.75, 3.05) is 0 Å². The Hall–Kier alpha value is -4.43. The minimum atomic E-state index is -4.87. The van der Waals surface area contributed by atoms with Gasteiger partial charge in [-0.2, -0.15) is 13.2 Å². The van der Waals surface area contributed by atoms with Crippen molar-refractivity contribution >= 4 is 17.5 Å². The number of benzene rings is 4. The maximum absolute atomic E-state index is 15.7. The third-order valence-electron chi connectivity index (χ3n) is 9.00. The topological polar surface area (TPSA) is 36.3 Å². The van der Waals surface area contributed by atoms with Crippen molar-refractivity contribution in [3.05, 3.63) is 156 Å². The molecule has 1 unspecified atom stereocenters. The van der Waals surface area contributed by atoms with E-state index >= 15 is 13.2 Å². The van der Waals surface area contributed by atoms with E-state index in [2.05, 4.69) is 11.9 Å². The fraction of sp³-hybridized carbons (Fsp3) is 0.317. The van der Waals surface area contributed by atoms with Crippen LogP contribution in [0.25, 0.3) is 0 Å². The van der Waals surface area contributed by atoms with Crippen molar-refractivity contribution in [3.63, 3.8) is 0 Å². The van der Waals surface area contributed by atoms with Crippen molar-refractivity contribution in [2.45, 2.75) is 82.0 Å². The van der Waals surface area contributed by atoms with Gasteiger partial charge < -0.3 is 14.0 Å². The van der Waals surface area contributed by atoms with Crippen LogP contribution in [0.5, 0.6) is 5.75 Å². The molecule has 8 heteroatoms. The molecule has 0 aliphatic carbocycles. The molecule has 0 saturated carbocycles. The number of imidazole rings is 1. The summed E-state index contributed by atoms with van der Waals surface area (Å²) in [6, 6.07) is 37.7. The molecule has 5 rings (SSSR count). The number of halogens is 3. The van der Waals surface area contributed by atoms with Crippen LogP contribution in [0.15, 0.2) is 134 Å². The van der Waals surface area contributed by atoms with Crippen molar-refractivity contribution in [2.24, 2.45) is 0 Å². The van der Waals surface area contributed by atoms with Gasteiger partial charge in [0, 0.05) is 24.8 Å². The molecule has 0 spiro atoms. The van der Waals surface area contributed by atoms with Crippen LogP contribution in [0.1, 0.15) is 87.1 Å². The number of hydrogen-bond donors (Lipinski definition) is 0. The van der Waals surface area contributed by atoms with Gasteiger partial charge in [0.15, 0.2) is 0 Å².